The van der Waals surface area contributed by atoms with Crippen LogP contribution >= 0.6 is 0 Å². The number of nitrogens with zero attached hydrogens (tertiary/aromatic N) is 1. The van der Waals surface area contributed by atoms with Gasteiger partial charge in [-0.05, 0) is 12.8 Å². The molecule has 1 heterocycles. The molecule has 74 valence electrons. The van der Waals surface area contributed by atoms with Crippen LogP contribution in [0.4, 0.5) is 0 Å². The third kappa shape index (κ3) is 3.45. The Kier molecular flexibility index (Phi) is 5.94. The molecule has 0 N–H and O–H groups in total. The molecule has 0 spiro atoms. The highest BCUT2D eigenvalue weighted by molar-refractivity contribution is 5.80. The third-order valence-corrected chi connectivity index (χ3v) is 1.80. The number of hydrogen-bond acceptors (Lipinski definition) is 1. The minimum Gasteiger partial charge on any atom is -0.293 e. The second kappa shape index (κ2) is 6.46. The van der Waals surface area contributed by atoms with Gasteiger partial charge in [0, 0.05) is 18.3 Å². The molecule has 1 amide bonds. The number of carbonyl (C=O) groups is 1. The predicted molar refractivity (Wildman–Crippen MR) is 56.0 cm³/mol. The first kappa shape index (κ1) is 11.9. The summed E-state index contributed by atoms with van der Waals surface area (Å²) in [6.45, 7) is 9.80. The van der Waals surface area contributed by atoms with Gasteiger partial charge in [-0.15, -0.1) is 0 Å². The van der Waals surface area contributed by atoms with Gasteiger partial charge in [-0.3, -0.25) is 9.69 Å². The molecule has 0 bridgehead atoms. The number of amides is 1. The molecular weight excluding hydrogens is 162 g/mol. The Labute approximate surface area is 80.9 Å². The van der Waals surface area contributed by atoms with E-state index < -0.39 is 0 Å². The molecule has 0 aromatic rings. The van der Waals surface area contributed by atoms with E-state index >= 15 is 0 Å². The number of allylic oxidation sites excluding steroid dienone is 2. The van der Waals surface area contributed by atoms with Crippen molar-refractivity contribution in [3.63, 3.8) is 0 Å². The SMILES string of the molecule is C=C(CC)N1C=CCCC1=O.CC. The summed E-state index contributed by atoms with van der Waals surface area (Å²) < 4.78 is 0. The Balaban J connectivity index is 0.000000671. The average Bonchev–Trinajstić information content (AvgIpc) is 2.20. The van der Waals surface area contributed by atoms with Gasteiger partial charge in [-0.25, -0.2) is 0 Å². The van der Waals surface area contributed by atoms with Crippen LogP contribution in [0.15, 0.2) is 24.6 Å². The highest BCUT2D eigenvalue weighted by Crippen LogP contribution is 2.14. The Morgan fingerprint density at radius 1 is 1.62 bits per heavy atom. The molecule has 0 aliphatic carbocycles. The zero-order valence-corrected chi connectivity index (χ0v) is 8.84. The lowest BCUT2D eigenvalue weighted by Gasteiger charge is -2.22. The van der Waals surface area contributed by atoms with Gasteiger partial charge < -0.3 is 0 Å². The van der Waals surface area contributed by atoms with Crippen molar-refractivity contribution in [2.45, 2.75) is 40.0 Å². The van der Waals surface area contributed by atoms with Crippen LogP contribution in [0.5, 0.6) is 0 Å². The fourth-order valence-corrected chi connectivity index (χ4v) is 1.04. The van der Waals surface area contributed by atoms with Crippen LogP contribution in [-0.2, 0) is 4.79 Å². The van der Waals surface area contributed by atoms with E-state index in [4.69, 9.17) is 0 Å². The van der Waals surface area contributed by atoms with Gasteiger partial charge >= 0.3 is 0 Å². The zero-order valence-electron chi connectivity index (χ0n) is 8.84. The van der Waals surface area contributed by atoms with Gasteiger partial charge in [0.2, 0.25) is 5.91 Å². The summed E-state index contributed by atoms with van der Waals surface area (Å²) in [5, 5.41) is 0. The van der Waals surface area contributed by atoms with E-state index in [-0.39, 0.29) is 5.91 Å². The van der Waals surface area contributed by atoms with E-state index in [0.717, 1.165) is 18.5 Å². The summed E-state index contributed by atoms with van der Waals surface area (Å²) in [4.78, 5) is 12.9. The standard InChI is InChI=1S/C9H13NO.C2H6/c1-3-8(2)10-7-5-4-6-9(10)11;1-2/h5,7H,2-4,6H2,1H3;1-2H3. The van der Waals surface area contributed by atoms with Gasteiger partial charge in [-0.1, -0.05) is 33.4 Å². The smallest absolute Gasteiger partial charge is 0.231 e. The van der Waals surface area contributed by atoms with Crippen molar-refractivity contribution in [1.29, 1.82) is 0 Å². The molecule has 0 saturated heterocycles. The highest BCUT2D eigenvalue weighted by Gasteiger charge is 2.14. The summed E-state index contributed by atoms with van der Waals surface area (Å²) in [7, 11) is 0. The van der Waals surface area contributed by atoms with Crippen LogP contribution in [0.2, 0.25) is 0 Å². The molecule has 2 heteroatoms. The Morgan fingerprint density at radius 3 is 2.69 bits per heavy atom. The topological polar surface area (TPSA) is 20.3 Å². The molecular formula is C11H19NO. The molecule has 1 rings (SSSR count). The summed E-state index contributed by atoms with van der Waals surface area (Å²) in [6.07, 6.45) is 6.14. The molecule has 0 unspecified atom stereocenters. The summed E-state index contributed by atoms with van der Waals surface area (Å²) >= 11 is 0. The van der Waals surface area contributed by atoms with E-state index in [1.807, 2.05) is 33.0 Å². The maximum atomic E-state index is 11.2. The monoisotopic (exact) mass is 181 g/mol. The highest BCUT2D eigenvalue weighted by atomic mass is 16.2. The molecule has 2 nitrogen and oxygen atoms in total. The second-order valence-electron chi connectivity index (χ2n) is 2.61. The first-order chi connectivity index (χ1) is 6.25. The van der Waals surface area contributed by atoms with Gasteiger partial charge in [0.15, 0.2) is 0 Å². The van der Waals surface area contributed by atoms with E-state index in [0.29, 0.717) is 6.42 Å². The third-order valence-electron chi connectivity index (χ3n) is 1.80. The van der Waals surface area contributed by atoms with Crippen LogP contribution in [0.3, 0.4) is 0 Å². The van der Waals surface area contributed by atoms with Gasteiger partial charge in [-0.2, -0.15) is 0 Å². The number of rotatable bonds is 2. The molecule has 0 aromatic carbocycles. The zero-order chi connectivity index (χ0) is 10.3. The van der Waals surface area contributed by atoms with Crippen molar-refractivity contribution >= 4 is 5.91 Å². The first-order valence-corrected chi connectivity index (χ1v) is 4.92. The van der Waals surface area contributed by atoms with Gasteiger partial charge in [0.1, 0.15) is 0 Å². The molecule has 1 aliphatic rings. The van der Waals surface area contributed by atoms with Crippen molar-refractivity contribution in [2.24, 2.45) is 0 Å². The van der Waals surface area contributed by atoms with E-state index in [9.17, 15) is 4.79 Å². The second-order valence-corrected chi connectivity index (χ2v) is 2.61. The lowest BCUT2D eigenvalue weighted by atomic mass is 10.2. The quantitative estimate of drug-likeness (QED) is 0.641. The molecule has 0 atom stereocenters. The van der Waals surface area contributed by atoms with E-state index in [1.54, 1.807) is 4.90 Å². The maximum absolute atomic E-state index is 11.2. The maximum Gasteiger partial charge on any atom is 0.231 e. The Bertz CT molecular complexity index is 206. The van der Waals surface area contributed by atoms with Crippen LogP contribution in [0.1, 0.15) is 40.0 Å². The minimum atomic E-state index is 0.166. The lowest BCUT2D eigenvalue weighted by Crippen LogP contribution is -2.26. The van der Waals surface area contributed by atoms with Crippen LogP contribution in [-0.4, -0.2) is 10.8 Å². The first-order valence-electron chi connectivity index (χ1n) is 4.92. The summed E-state index contributed by atoms with van der Waals surface area (Å²) in [5.74, 6) is 0.166. The van der Waals surface area contributed by atoms with Crippen LogP contribution in [0, 0.1) is 0 Å². The normalized spacial score (nSPS) is 15.0. The fraction of sp³-hybridized carbons (Fsp3) is 0.545. The van der Waals surface area contributed by atoms with Crippen LogP contribution < -0.4 is 0 Å². The van der Waals surface area contributed by atoms with Gasteiger partial charge in [0.05, 0.1) is 0 Å². The lowest BCUT2D eigenvalue weighted by molar-refractivity contribution is -0.127. The molecule has 0 saturated carbocycles. The average molecular weight is 181 g/mol. The van der Waals surface area contributed by atoms with Crippen molar-refractivity contribution in [2.75, 3.05) is 0 Å². The fourth-order valence-electron chi connectivity index (χ4n) is 1.04. The van der Waals surface area contributed by atoms with Crippen molar-refractivity contribution in [1.82, 2.24) is 4.90 Å². The molecule has 0 fully saturated rings. The number of hydrogen-bond donors (Lipinski definition) is 0. The Hall–Kier alpha value is -1.05. The van der Waals surface area contributed by atoms with Crippen molar-refractivity contribution < 1.29 is 4.79 Å². The number of carbonyl (C=O) groups excluding carboxylic acids is 1. The predicted octanol–water partition coefficient (Wildman–Crippen LogP) is 3.07. The van der Waals surface area contributed by atoms with Gasteiger partial charge in [0.25, 0.3) is 0 Å². The molecule has 1 aliphatic heterocycles. The van der Waals surface area contributed by atoms with E-state index in [1.165, 1.54) is 0 Å². The van der Waals surface area contributed by atoms with Crippen molar-refractivity contribution in [3.05, 3.63) is 24.6 Å². The summed E-state index contributed by atoms with van der Waals surface area (Å²) in [5.41, 5.74) is 0.881. The molecule has 0 aromatic heterocycles. The Morgan fingerprint density at radius 2 is 2.23 bits per heavy atom. The van der Waals surface area contributed by atoms with E-state index in [2.05, 4.69) is 6.58 Å². The molecule has 13 heavy (non-hydrogen) atoms. The largest absolute Gasteiger partial charge is 0.293 e. The minimum absolute atomic E-state index is 0.166. The van der Waals surface area contributed by atoms with Crippen LogP contribution in [0.25, 0.3) is 0 Å². The molecule has 0 radical (unpaired) electrons. The summed E-state index contributed by atoms with van der Waals surface area (Å²) in [6, 6.07) is 0. The van der Waals surface area contributed by atoms with Crippen molar-refractivity contribution in [3.8, 4) is 0 Å².